The van der Waals surface area contributed by atoms with Crippen LogP contribution < -0.4 is 14.8 Å². The fourth-order valence-electron chi connectivity index (χ4n) is 3.48. The van der Waals surface area contributed by atoms with Crippen LogP contribution in [0.3, 0.4) is 0 Å². The molecular formula is C26H21F2N3O6S2. The van der Waals surface area contributed by atoms with Crippen molar-refractivity contribution in [3.05, 3.63) is 94.4 Å². The van der Waals surface area contributed by atoms with Crippen molar-refractivity contribution in [3.63, 3.8) is 0 Å². The number of carbonyl (C=O) groups is 3. The topological polar surface area (TPSA) is 122 Å². The zero-order valence-corrected chi connectivity index (χ0v) is 21.9. The maximum atomic E-state index is 13.4. The first kappa shape index (κ1) is 27.8. The van der Waals surface area contributed by atoms with Gasteiger partial charge in [0, 0.05) is 24.3 Å². The number of hydrogen-bond donors (Lipinski definition) is 2. The summed E-state index contributed by atoms with van der Waals surface area (Å²) in [5.74, 6) is -2.79. The summed E-state index contributed by atoms with van der Waals surface area (Å²) in [5.41, 5.74) is 1.02. The SMILES string of the molecule is COc1ccc(C=C2SC(=O)N(CCNC(=O)c3ccc(NS(=O)(=O)c4ccc(F)c(F)c4)cc3)C2=O)cc1. The number of thioether (sulfide) groups is 1. The van der Waals surface area contributed by atoms with Gasteiger partial charge in [0.2, 0.25) is 0 Å². The molecule has 0 spiro atoms. The molecule has 0 unspecified atom stereocenters. The Hall–Kier alpha value is -4.23. The molecule has 2 N–H and O–H groups in total. The molecule has 1 heterocycles. The van der Waals surface area contributed by atoms with Crippen LogP contribution in [0.1, 0.15) is 15.9 Å². The Morgan fingerprint density at radius 3 is 2.33 bits per heavy atom. The Morgan fingerprint density at radius 1 is 1.00 bits per heavy atom. The maximum Gasteiger partial charge on any atom is 0.293 e. The molecule has 1 aliphatic heterocycles. The number of halogens is 2. The van der Waals surface area contributed by atoms with Crippen molar-refractivity contribution >= 4 is 50.6 Å². The zero-order chi connectivity index (χ0) is 28.2. The van der Waals surface area contributed by atoms with Crippen LogP contribution in [-0.4, -0.2) is 50.6 Å². The number of ether oxygens (including phenoxy) is 1. The normalized spacial score (nSPS) is 14.5. The molecule has 1 fully saturated rings. The van der Waals surface area contributed by atoms with Crippen LogP contribution in [0.25, 0.3) is 6.08 Å². The minimum absolute atomic E-state index is 0.00278. The van der Waals surface area contributed by atoms with E-state index in [1.165, 1.54) is 24.3 Å². The summed E-state index contributed by atoms with van der Waals surface area (Å²) in [7, 11) is -2.64. The third kappa shape index (κ3) is 6.62. The lowest BCUT2D eigenvalue weighted by molar-refractivity contribution is -0.122. The number of amides is 3. The van der Waals surface area contributed by atoms with E-state index in [0.717, 1.165) is 28.3 Å². The number of methoxy groups -OCH3 is 1. The van der Waals surface area contributed by atoms with Crippen molar-refractivity contribution in [3.8, 4) is 5.75 Å². The van der Waals surface area contributed by atoms with Crippen LogP contribution in [0.5, 0.6) is 5.75 Å². The van der Waals surface area contributed by atoms with Gasteiger partial charge in [-0.25, -0.2) is 17.2 Å². The van der Waals surface area contributed by atoms with Crippen LogP contribution in [0.4, 0.5) is 19.3 Å². The summed E-state index contributed by atoms with van der Waals surface area (Å²) in [5, 5.41) is 2.15. The quantitative estimate of drug-likeness (QED) is 0.367. The number of nitrogens with zero attached hydrogens (tertiary/aromatic N) is 1. The number of rotatable bonds is 9. The summed E-state index contributed by atoms with van der Waals surface area (Å²) in [6.45, 7) is -0.0420. The molecule has 3 aromatic carbocycles. The number of carbonyl (C=O) groups excluding carboxylic acids is 3. The Labute approximate surface area is 226 Å². The van der Waals surface area contributed by atoms with E-state index >= 15 is 0 Å². The van der Waals surface area contributed by atoms with Gasteiger partial charge in [0.1, 0.15) is 5.75 Å². The highest BCUT2D eigenvalue weighted by molar-refractivity contribution is 8.18. The van der Waals surface area contributed by atoms with E-state index in [0.29, 0.717) is 17.9 Å². The molecule has 0 aliphatic carbocycles. The second kappa shape index (κ2) is 11.7. The monoisotopic (exact) mass is 573 g/mol. The van der Waals surface area contributed by atoms with Crippen LogP contribution in [-0.2, 0) is 14.8 Å². The Morgan fingerprint density at radius 2 is 1.69 bits per heavy atom. The molecular weight excluding hydrogens is 552 g/mol. The van der Waals surface area contributed by atoms with E-state index in [1.807, 2.05) is 0 Å². The number of imide groups is 1. The molecule has 3 aromatic rings. The highest BCUT2D eigenvalue weighted by Gasteiger charge is 2.34. The fraction of sp³-hybridized carbons (Fsp3) is 0.115. The molecule has 1 aliphatic rings. The number of benzene rings is 3. The molecule has 39 heavy (non-hydrogen) atoms. The molecule has 0 atom stereocenters. The highest BCUT2D eigenvalue weighted by Crippen LogP contribution is 2.32. The number of sulfonamides is 1. The molecule has 4 rings (SSSR count). The van der Waals surface area contributed by atoms with Gasteiger partial charge in [0.25, 0.3) is 27.1 Å². The lowest BCUT2D eigenvalue weighted by Gasteiger charge is -2.13. The van der Waals surface area contributed by atoms with Gasteiger partial charge < -0.3 is 10.1 Å². The van der Waals surface area contributed by atoms with Crippen LogP contribution in [0.2, 0.25) is 0 Å². The van der Waals surface area contributed by atoms with Gasteiger partial charge in [-0.15, -0.1) is 0 Å². The summed E-state index contributed by atoms with van der Waals surface area (Å²) >= 11 is 0.807. The van der Waals surface area contributed by atoms with Gasteiger partial charge in [0.05, 0.1) is 16.9 Å². The van der Waals surface area contributed by atoms with Gasteiger partial charge in [-0.1, -0.05) is 12.1 Å². The predicted octanol–water partition coefficient (Wildman–Crippen LogP) is 4.24. The number of hydrogen-bond acceptors (Lipinski definition) is 7. The first-order valence-electron chi connectivity index (χ1n) is 11.3. The van der Waals surface area contributed by atoms with Gasteiger partial charge >= 0.3 is 0 Å². The molecule has 1 saturated heterocycles. The van der Waals surface area contributed by atoms with Crippen molar-refractivity contribution in [2.24, 2.45) is 0 Å². The lowest BCUT2D eigenvalue weighted by Crippen LogP contribution is -2.37. The first-order chi connectivity index (χ1) is 18.6. The zero-order valence-electron chi connectivity index (χ0n) is 20.3. The molecule has 3 amide bonds. The standard InChI is InChI=1S/C26H21F2N3O6S2/c1-37-19-8-2-16(3-9-19)14-23-25(33)31(26(34)38-23)13-12-29-24(32)17-4-6-18(7-5-17)30-39(35,36)20-10-11-21(27)22(28)15-20/h2-11,14-15,30H,12-13H2,1H3,(H,29,32). The van der Waals surface area contributed by atoms with Gasteiger partial charge in [-0.2, -0.15) is 0 Å². The Balaban J connectivity index is 1.31. The van der Waals surface area contributed by atoms with Crippen LogP contribution >= 0.6 is 11.8 Å². The van der Waals surface area contributed by atoms with Gasteiger partial charge in [0.15, 0.2) is 11.6 Å². The molecule has 0 aromatic heterocycles. The first-order valence-corrected chi connectivity index (χ1v) is 13.6. The summed E-state index contributed by atoms with van der Waals surface area (Å²) in [4.78, 5) is 38.3. The average Bonchev–Trinajstić information content (AvgIpc) is 3.18. The van der Waals surface area contributed by atoms with E-state index < -0.39 is 43.6 Å². The molecule has 0 bridgehead atoms. The van der Waals surface area contributed by atoms with Crippen molar-refractivity contribution in [2.75, 3.05) is 24.9 Å². The molecule has 9 nitrogen and oxygen atoms in total. The number of anilines is 1. The van der Waals surface area contributed by atoms with Crippen molar-refractivity contribution < 1.29 is 36.3 Å². The van der Waals surface area contributed by atoms with E-state index in [9.17, 15) is 31.6 Å². The second-order valence-corrected chi connectivity index (χ2v) is 10.8. The predicted molar refractivity (Wildman–Crippen MR) is 142 cm³/mol. The Kier molecular flexibility index (Phi) is 8.31. The lowest BCUT2D eigenvalue weighted by atomic mass is 10.2. The van der Waals surface area contributed by atoms with E-state index in [1.54, 1.807) is 37.5 Å². The van der Waals surface area contributed by atoms with Crippen molar-refractivity contribution in [2.45, 2.75) is 4.90 Å². The third-order valence-electron chi connectivity index (χ3n) is 5.51. The fourth-order valence-corrected chi connectivity index (χ4v) is 5.41. The summed E-state index contributed by atoms with van der Waals surface area (Å²) < 4.78 is 58.6. The Bertz CT molecular complexity index is 1560. The average molecular weight is 574 g/mol. The van der Waals surface area contributed by atoms with Crippen LogP contribution in [0.15, 0.2) is 76.5 Å². The third-order valence-corrected chi connectivity index (χ3v) is 7.80. The van der Waals surface area contributed by atoms with Gasteiger partial charge in [-0.3, -0.25) is 24.0 Å². The van der Waals surface area contributed by atoms with Crippen molar-refractivity contribution in [1.29, 1.82) is 0 Å². The molecule has 202 valence electrons. The van der Waals surface area contributed by atoms with Crippen molar-refractivity contribution in [1.82, 2.24) is 10.2 Å². The highest BCUT2D eigenvalue weighted by atomic mass is 32.2. The molecule has 0 radical (unpaired) electrons. The largest absolute Gasteiger partial charge is 0.497 e. The van der Waals surface area contributed by atoms with Gasteiger partial charge in [-0.05, 0) is 78.0 Å². The molecule has 0 saturated carbocycles. The summed E-state index contributed by atoms with van der Waals surface area (Å²) in [6, 6.07) is 14.5. The minimum Gasteiger partial charge on any atom is -0.497 e. The van der Waals surface area contributed by atoms with E-state index in [-0.39, 0.29) is 29.2 Å². The molecule has 13 heteroatoms. The number of nitrogens with one attached hydrogen (secondary N) is 2. The second-order valence-electron chi connectivity index (χ2n) is 8.12. The summed E-state index contributed by atoms with van der Waals surface area (Å²) in [6.07, 6.45) is 1.60. The smallest absolute Gasteiger partial charge is 0.293 e. The minimum atomic E-state index is -4.19. The maximum absolute atomic E-state index is 13.4. The van der Waals surface area contributed by atoms with E-state index in [2.05, 4.69) is 10.0 Å². The van der Waals surface area contributed by atoms with E-state index in [4.69, 9.17) is 4.74 Å². The van der Waals surface area contributed by atoms with Crippen LogP contribution in [0, 0.1) is 11.6 Å².